The van der Waals surface area contributed by atoms with Gasteiger partial charge in [0, 0.05) is 22.3 Å². The fourth-order valence-corrected chi connectivity index (χ4v) is 7.01. The maximum atomic E-state index is 12.3. The average molecular weight is 871 g/mol. The molecule has 18 nitrogen and oxygen atoms in total. The van der Waals surface area contributed by atoms with Crippen molar-refractivity contribution in [1.82, 2.24) is 0 Å². The number of rotatable bonds is 15. The van der Waals surface area contributed by atoms with Gasteiger partial charge in [-0.3, -0.25) is 0 Å². The second kappa shape index (κ2) is 17.3. The summed E-state index contributed by atoms with van der Waals surface area (Å²) in [6.07, 6.45) is 0. The molecule has 0 amide bonds. The largest absolute Gasteiger partial charge is 0.495 e. The molecule has 0 bridgehead atoms. The van der Waals surface area contributed by atoms with Gasteiger partial charge in [-0.1, -0.05) is 0 Å². The zero-order chi connectivity index (χ0) is 46.9. The number of benzene rings is 6. The van der Waals surface area contributed by atoms with Crippen LogP contribution in [-0.2, 0) is 0 Å². The summed E-state index contributed by atoms with van der Waals surface area (Å²) in [6.45, 7) is 0. The first-order valence-electron chi connectivity index (χ1n) is 18.1. The highest BCUT2D eigenvalue weighted by molar-refractivity contribution is 6.03. The molecule has 0 aliphatic heterocycles. The molecular weight excluding hydrogens is 840 g/mol. The van der Waals surface area contributed by atoms with Crippen LogP contribution in [-0.4, -0.2) is 103 Å². The van der Waals surface area contributed by atoms with E-state index in [2.05, 4.69) is 0 Å². The Kier molecular flexibility index (Phi) is 12.0. The van der Waals surface area contributed by atoms with Crippen molar-refractivity contribution >= 4 is 47.8 Å². The van der Waals surface area contributed by atoms with E-state index in [1.54, 1.807) is 0 Å². The van der Waals surface area contributed by atoms with Gasteiger partial charge in [0.05, 0.1) is 58.7 Å². The molecule has 322 valence electrons. The third-order valence-electron chi connectivity index (χ3n) is 9.87. The first kappa shape index (κ1) is 44.2. The van der Waals surface area contributed by atoms with Gasteiger partial charge in [0.15, 0.2) is 0 Å². The molecule has 6 aromatic rings. The van der Waals surface area contributed by atoms with Crippen LogP contribution in [0.25, 0.3) is 55.6 Å². The number of methoxy groups -OCH3 is 2. The smallest absolute Gasteiger partial charge is 0.335 e. The number of carboxylic acid groups (broad SMARTS) is 8. The average Bonchev–Trinajstić information content (AvgIpc) is 3.27. The van der Waals surface area contributed by atoms with Crippen LogP contribution in [0.5, 0.6) is 11.5 Å². The number of ether oxygens (including phenoxy) is 2. The lowest BCUT2D eigenvalue weighted by Gasteiger charge is -2.21. The Morgan fingerprint density at radius 1 is 0.266 bits per heavy atom. The summed E-state index contributed by atoms with van der Waals surface area (Å²) in [5, 5.41) is 79.7. The van der Waals surface area contributed by atoms with E-state index in [9.17, 15) is 79.2 Å². The SMILES string of the molecule is COc1c(-c2cc(C(=O)O)cc(C(=O)O)c2)cc(-c2cc(-c3cc(C(=O)O)cc(C(=O)O)c3)c(OC)c(-c3cc(C(=O)O)cc(C(=O)O)c3)c2)cc1-c1cc(C(=O)O)cc(C(=O)O)c1. The highest BCUT2D eigenvalue weighted by Gasteiger charge is 2.25. The number of carboxylic acids is 8. The lowest BCUT2D eigenvalue weighted by Crippen LogP contribution is -2.05. The van der Waals surface area contributed by atoms with E-state index >= 15 is 0 Å². The molecule has 0 radical (unpaired) electrons. The lowest BCUT2D eigenvalue weighted by molar-refractivity contribution is 0.0676. The molecule has 0 saturated carbocycles. The van der Waals surface area contributed by atoms with Gasteiger partial charge in [0.25, 0.3) is 0 Å². The van der Waals surface area contributed by atoms with E-state index in [1.807, 2.05) is 0 Å². The summed E-state index contributed by atoms with van der Waals surface area (Å²) in [5.74, 6) is -12.4. The monoisotopic (exact) mass is 870 g/mol. The molecule has 0 aromatic heterocycles. The molecular formula is C46H30O18. The van der Waals surface area contributed by atoms with Crippen LogP contribution in [0.3, 0.4) is 0 Å². The van der Waals surface area contributed by atoms with Gasteiger partial charge in [-0.25, -0.2) is 38.4 Å². The maximum Gasteiger partial charge on any atom is 0.335 e. The molecule has 6 aromatic carbocycles. The van der Waals surface area contributed by atoms with Crippen LogP contribution < -0.4 is 9.47 Å². The molecule has 8 N–H and O–H groups in total. The van der Waals surface area contributed by atoms with E-state index in [-0.39, 0.29) is 67.1 Å². The van der Waals surface area contributed by atoms with E-state index in [1.165, 1.54) is 38.5 Å². The molecule has 0 aliphatic carbocycles. The Hall–Kier alpha value is -9.32. The highest BCUT2D eigenvalue weighted by Crippen LogP contribution is 2.48. The molecule has 0 fully saturated rings. The van der Waals surface area contributed by atoms with Gasteiger partial charge in [-0.2, -0.15) is 0 Å². The van der Waals surface area contributed by atoms with Crippen molar-refractivity contribution in [2.75, 3.05) is 14.2 Å². The summed E-state index contributed by atoms with van der Waals surface area (Å²) in [5.41, 5.74) is -4.00. The zero-order valence-electron chi connectivity index (χ0n) is 32.9. The fourth-order valence-electron chi connectivity index (χ4n) is 7.01. The van der Waals surface area contributed by atoms with Crippen LogP contribution in [0.15, 0.2) is 97.1 Å². The van der Waals surface area contributed by atoms with Crippen LogP contribution in [0.2, 0.25) is 0 Å². The van der Waals surface area contributed by atoms with Crippen molar-refractivity contribution in [3.8, 4) is 67.1 Å². The minimum Gasteiger partial charge on any atom is -0.495 e. The molecule has 0 heterocycles. The van der Waals surface area contributed by atoms with Crippen molar-refractivity contribution in [2.45, 2.75) is 0 Å². The Labute approximate surface area is 358 Å². The zero-order valence-corrected chi connectivity index (χ0v) is 32.9. The first-order chi connectivity index (χ1) is 30.2. The summed E-state index contributed by atoms with van der Waals surface area (Å²) in [4.78, 5) is 98.1. The molecule has 0 saturated heterocycles. The normalized spacial score (nSPS) is 10.7. The first-order valence-corrected chi connectivity index (χ1v) is 18.1. The van der Waals surface area contributed by atoms with E-state index in [0.29, 0.717) is 0 Å². The third kappa shape index (κ3) is 8.77. The summed E-state index contributed by atoms with van der Waals surface area (Å²) in [6, 6.07) is 18.2. The number of aromatic carboxylic acids is 8. The molecule has 0 aliphatic rings. The van der Waals surface area contributed by atoms with E-state index in [0.717, 1.165) is 72.8 Å². The van der Waals surface area contributed by atoms with Gasteiger partial charge < -0.3 is 50.3 Å². The topological polar surface area (TPSA) is 317 Å². The Morgan fingerprint density at radius 2 is 0.422 bits per heavy atom. The molecule has 18 heteroatoms. The van der Waals surface area contributed by atoms with Crippen LogP contribution >= 0.6 is 0 Å². The van der Waals surface area contributed by atoms with Crippen LogP contribution in [0.1, 0.15) is 82.9 Å². The summed E-state index contributed by atoms with van der Waals surface area (Å²) < 4.78 is 11.6. The number of hydrogen-bond donors (Lipinski definition) is 8. The predicted octanol–water partition coefficient (Wildman–Crippen LogP) is 7.62. The number of carbonyl (C=O) groups is 8. The van der Waals surface area contributed by atoms with Gasteiger partial charge >= 0.3 is 47.8 Å². The van der Waals surface area contributed by atoms with Crippen molar-refractivity contribution < 1.29 is 88.7 Å². The predicted molar refractivity (Wildman–Crippen MR) is 222 cm³/mol. The van der Waals surface area contributed by atoms with Crippen molar-refractivity contribution in [3.05, 3.63) is 142 Å². The number of hydrogen-bond acceptors (Lipinski definition) is 10. The van der Waals surface area contributed by atoms with Crippen molar-refractivity contribution in [2.24, 2.45) is 0 Å². The Bertz CT molecular complexity index is 2520. The third-order valence-corrected chi connectivity index (χ3v) is 9.87. The van der Waals surface area contributed by atoms with Gasteiger partial charge in [0.2, 0.25) is 0 Å². The molecule has 64 heavy (non-hydrogen) atoms. The van der Waals surface area contributed by atoms with Crippen LogP contribution in [0, 0.1) is 0 Å². The summed E-state index contributed by atoms with van der Waals surface area (Å²) >= 11 is 0. The second-order valence-corrected chi connectivity index (χ2v) is 13.8. The lowest BCUT2D eigenvalue weighted by atomic mass is 9.86. The van der Waals surface area contributed by atoms with E-state index < -0.39 is 92.3 Å². The quantitative estimate of drug-likeness (QED) is 0.0491. The standard InChI is InChI=1S/C46H30O18/c1-63-37-33(21-3-25(39(47)48)11-26(4-21)40(49)50)15-19(16-34(37)22-5-27(41(51)52)12-28(6-22)42(53)54)20-17-35(23-7-29(43(55)56)13-30(8-23)44(57)58)38(64-2)36(18-20)24-9-31(45(59)60)14-32(10-24)46(61)62/h3-18H,1-2H3,(H,47,48)(H,49,50)(H,51,52)(H,53,54)(H,55,56)(H,57,58)(H,59,60)(H,61,62). The second-order valence-electron chi connectivity index (χ2n) is 13.8. The van der Waals surface area contributed by atoms with Crippen molar-refractivity contribution in [3.63, 3.8) is 0 Å². The highest BCUT2D eigenvalue weighted by atomic mass is 16.5. The Morgan fingerprint density at radius 3 is 0.547 bits per heavy atom. The molecule has 6 rings (SSSR count). The van der Waals surface area contributed by atoms with Crippen molar-refractivity contribution in [1.29, 1.82) is 0 Å². The molecule has 0 spiro atoms. The summed E-state index contributed by atoms with van der Waals surface area (Å²) in [7, 11) is 2.38. The minimum absolute atomic E-state index is 0.0285. The van der Waals surface area contributed by atoms with Gasteiger partial charge in [-0.15, -0.1) is 0 Å². The van der Waals surface area contributed by atoms with E-state index in [4.69, 9.17) is 9.47 Å². The molecule has 0 unspecified atom stereocenters. The maximum absolute atomic E-state index is 12.3. The molecule has 0 atom stereocenters. The fraction of sp³-hybridized carbons (Fsp3) is 0.0435. The van der Waals surface area contributed by atoms with Gasteiger partial charge in [-0.05, 0) is 130 Å². The van der Waals surface area contributed by atoms with Gasteiger partial charge in [0.1, 0.15) is 11.5 Å². The minimum atomic E-state index is -1.52. The van der Waals surface area contributed by atoms with Crippen LogP contribution in [0.4, 0.5) is 0 Å². The Balaban J connectivity index is 1.85.